The van der Waals surface area contributed by atoms with Gasteiger partial charge in [0.15, 0.2) is 0 Å². The van der Waals surface area contributed by atoms with E-state index in [1.165, 1.54) is 0 Å². The zero-order chi connectivity index (χ0) is 14.6. The normalized spacial score (nSPS) is 14.5. The molecule has 0 radical (unpaired) electrons. The number of halogens is 3. The number of anilines is 1. The van der Waals surface area contributed by atoms with Crippen molar-refractivity contribution in [1.82, 2.24) is 4.98 Å². The van der Waals surface area contributed by atoms with Crippen LogP contribution in [0, 0.1) is 11.3 Å². The molecule has 0 amide bonds. The van der Waals surface area contributed by atoms with Crippen molar-refractivity contribution >= 4 is 5.82 Å². The molecule has 0 atom stereocenters. The molecule has 0 unspecified atom stereocenters. The van der Waals surface area contributed by atoms with Crippen LogP contribution in [0.15, 0.2) is 6.07 Å². The predicted octanol–water partition coefficient (Wildman–Crippen LogP) is 3.59. The van der Waals surface area contributed by atoms with E-state index < -0.39 is 12.6 Å². The summed E-state index contributed by atoms with van der Waals surface area (Å²) in [4.78, 5) is 4.40. The van der Waals surface area contributed by atoms with Crippen LogP contribution in [-0.2, 0) is 12.8 Å². The number of alkyl halides is 3. The minimum Gasteiger partial charge on any atom is -0.369 e. The molecular weight excluding hydrogens is 267 g/mol. The van der Waals surface area contributed by atoms with Gasteiger partial charge >= 0.3 is 6.18 Å². The van der Waals surface area contributed by atoms with Crippen molar-refractivity contribution in [2.24, 2.45) is 0 Å². The lowest BCUT2D eigenvalue weighted by Gasteiger charge is -2.17. The quantitative estimate of drug-likeness (QED) is 0.859. The summed E-state index contributed by atoms with van der Waals surface area (Å²) in [5.74, 6) is 0.412. The highest BCUT2D eigenvalue weighted by Crippen LogP contribution is 2.25. The number of nitrogens with one attached hydrogen (secondary N) is 1. The zero-order valence-corrected chi connectivity index (χ0v) is 11.1. The predicted molar refractivity (Wildman–Crippen MR) is 69.4 cm³/mol. The van der Waals surface area contributed by atoms with Crippen molar-refractivity contribution in [3.05, 3.63) is 22.9 Å². The monoisotopic (exact) mass is 283 g/mol. The van der Waals surface area contributed by atoms with Gasteiger partial charge in [-0.3, -0.25) is 0 Å². The SMILES string of the molecule is N#Cc1cc2c(nc1NCCCC(F)(F)F)CCCC2. The third kappa shape index (κ3) is 3.86. The van der Waals surface area contributed by atoms with E-state index in [4.69, 9.17) is 5.26 Å². The highest BCUT2D eigenvalue weighted by molar-refractivity contribution is 5.54. The van der Waals surface area contributed by atoms with E-state index in [0.29, 0.717) is 11.4 Å². The Hall–Kier alpha value is -1.77. The molecule has 3 nitrogen and oxygen atoms in total. The Bertz CT molecular complexity index is 518. The summed E-state index contributed by atoms with van der Waals surface area (Å²) in [6.45, 7) is 0.167. The molecule has 2 rings (SSSR count). The van der Waals surface area contributed by atoms with E-state index in [-0.39, 0.29) is 13.0 Å². The highest BCUT2D eigenvalue weighted by atomic mass is 19.4. The number of aryl methyl sites for hydroxylation is 2. The minimum atomic E-state index is -4.14. The molecule has 1 aromatic heterocycles. The molecule has 1 aliphatic carbocycles. The Morgan fingerprint density at radius 3 is 2.75 bits per heavy atom. The number of hydrogen-bond acceptors (Lipinski definition) is 3. The van der Waals surface area contributed by atoms with Gasteiger partial charge in [0.2, 0.25) is 0 Å². The second kappa shape index (κ2) is 6.12. The second-order valence-electron chi connectivity index (χ2n) is 4.95. The Morgan fingerprint density at radius 2 is 2.05 bits per heavy atom. The summed E-state index contributed by atoms with van der Waals surface area (Å²) in [5, 5.41) is 11.9. The summed E-state index contributed by atoms with van der Waals surface area (Å²) in [6.07, 6.45) is -1.02. The van der Waals surface area contributed by atoms with E-state index in [9.17, 15) is 13.2 Å². The highest BCUT2D eigenvalue weighted by Gasteiger charge is 2.26. The van der Waals surface area contributed by atoms with Gasteiger partial charge in [-0.05, 0) is 43.7 Å². The largest absolute Gasteiger partial charge is 0.389 e. The maximum Gasteiger partial charge on any atom is 0.389 e. The molecule has 20 heavy (non-hydrogen) atoms. The van der Waals surface area contributed by atoms with Gasteiger partial charge in [-0.2, -0.15) is 18.4 Å². The molecule has 1 N–H and O–H groups in total. The van der Waals surface area contributed by atoms with Gasteiger partial charge in [-0.15, -0.1) is 0 Å². The number of pyridine rings is 1. The fourth-order valence-electron chi connectivity index (χ4n) is 2.35. The molecule has 1 aliphatic rings. The first kappa shape index (κ1) is 14.6. The second-order valence-corrected chi connectivity index (χ2v) is 4.95. The molecular formula is C14H16F3N3. The Labute approximate surface area is 115 Å². The lowest BCUT2D eigenvalue weighted by atomic mass is 9.95. The number of fused-ring (bicyclic) bond motifs is 1. The number of nitriles is 1. The van der Waals surface area contributed by atoms with Gasteiger partial charge in [-0.25, -0.2) is 4.98 Å². The average molecular weight is 283 g/mol. The lowest BCUT2D eigenvalue weighted by molar-refractivity contribution is -0.134. The van der Waals surface area contributed by atoms with Crippen LogP contribution in [0.2, 0.25) is 0 Å². The standard InChI is InChI=1S/C14H16F3N3/c15-14(16,17)6-3-7-19-13-11(9-18)8-10-4-1-2-5-12(10)20-13/h8H,1-7H2,(H,19,20). The smallest absolute Gasteiger partial charge is 0.369 e. The fraction of sp³-hybridized carbons (Fsp3) is 0.571. The molecule has 0 bridgehead atoms. The van der Waals surface area contributed by atoms with Crippen LogP contribution in [0.5, 0.6) is 0 Å². The number of hydrogen-bond donors (Lipinski definition) is 1. The molecule has 1 aromatic rings. The van der Waals surface area contributed by atoms with Crippen LogP contribution in [0.3, 0.4) is 0 Å². The van der Waals surface area contributed by atoms with Crippen LogP contribution >= 0.6 is 0 Å². The first-order chi connectivity index (χ1) is 9.49. The molecule has 0 fully saturated rings. The molecule has 1 heterocycles. The first-order valence-corrected chi connectivity index (χ1v) is 6.73. The molecule has 6 heteroatoms. The number of aromatic nitrogens is 1. The Kier molecular flexibility index (Phi) is 4.48. The maximum absolute atomic E-state index is 12.1. The Balaban J connectivity index is 2.02. The van der Waals surface area contributed by atoms with Crippen molar-refractivity contribution < 1.29 is 13.2 Å². The van der Waals surface area contributed by atoms with E-state index >= 15 is 0 Å². The van der Waals surface area contributed by atoms with E-state index in [1.54, 1.807) is 0 Å². The summed E-state index contributed by atoms with van der Waals surface area (Å²) in [5.41, 5.74) is 2.47. The third-order valence-electron chi connectivity index (χ3n) is 3.35. The summed E-state index contributed by atoms with van der Waals surface area (Å²) >= 11 is 0. The van der Waals surface area contributed by atoms with Crippen molar-refractivity contribution in [3.63, 3.8) is 0 Å². The van der Waals surface area contributed by atoms with Gasteiger partial charge in [0.25, 0.3) is 0 Å². The Morgan fingerprint density at radius 1 is 1.30 bits per heavy atom. The van der Waals surface area contributed by atoms with Crippen LogP contribution in [0.1, 0.15) is 42.5 Å². The van der Waals surface area contributed by atoms with Crippen LogP contribution in [0.25, 0.3) is 0 Å². The average Bonchev–Trinajstić information content (AvgIpc) is 2.41. The molecule has 0 saturated heterocycles. The van der Waals surface area contributed by atoms with Crippen LogP contribution < -0.4 is 5.32 Å². The summed E-state index contributed by atoms with van der Waals surface area (Å²) < 4.78 is 36.2. The zero-order valence-electron chi connectivity index (χ0n) is 11.1. The number of rotatable bonds is 4. The molecule has 0 aliphatic heterocycles. The fourth-order valence-corrected chi connectivity index (χ4v) is 2.35. The van der Waals surface area contributed by atoms with Crippen molar-refractivity contribution in [1.29, 1.82) is 5.26 Å². The van der Waals surface area contributed by atoms with Gasteiger partial charge in [0.1, 0.15) is 11.9 Å². The topological polar surface area (TPSA) is 48.7 Å². The first-order valence-electron chi connectivity index (χ1n) is 6.73. The lowest BCUT2D eigenvalue weighted by Crippen LogP contribution is -2.14. The van der Waals surface area contributed by atoms with Gasteiger partial charge in [0, 0.05) is 18.7 Å². The summed E-state index contributed by atoms with van der Waals surface area (Å²) in [6, 6.07) is 3.87. The molecule has 108 valence electrons. The van der Waals surface area contributed by atoms with Crippen LogP contribution in [0.4, 0.5) is 19.0 Å². The third-order valence-corrected chi connectivity index (χ3v) is 3.35. The van der Waals surface area contributed by atoms with Crippen molar-refractivity contribution in [2.45, 2.75) is 44.7 Å². The minimum absolute atomic E-state index is 0.0207. The van der Waals surface area contributed by atoms with E-state index in [1.807, 2.05) is 6.07 Å². The molecule has 0 aromatic carbocycles. The number of nitrogens with zero attached hydrogens (tertiary/aromatic N) is 2. The van der Waals surface area contributed by atoms with E-state index in [0.717, 1.165) is 36.9 Å². The maximum atomic E-state index is 12.1. The molecule has 0 spiro atoms. The van der Waals surface area contributed by atoms with Gasteiger partial charge in [-0.1, -0.05) is 0 Å². The van der Waals surface area contributed by atoms with Gasteiger partial charge in [0.05, 0.1) is 5.56 Å². The van der Waals surface area contributed by atoms with Crippen LogP contribution in [-0.4, -0.2) is 17.7 Å². The van der Waals surface area contributed by atoms with Crippen molar-refractivity contribution in [3.8, 4) is 6.07 Å². The van der Waals surface area contributed by atoms with Gasteiger partial charge < -0.3 is 5.32 Å². The molecule has 0 saturated carbocycles. The van der Waals surface area contributed by atoms with Crippen molar-refractivity contribution in [2.75, 3.05) is 11.9 Å². The summed E-state index contributed by atoms with van der Waals surface area (Å²) in [7, 11) is 0. The van der Waals surface area contributed by atoms with E-state index in [2.05, 4.69) is 16.4 Å².